The Hall–Kier alpha value is -2.01. The van der Waals surface area contributed by atoms with Gasteiger partial charge in [0.25, 0.3) is 5.91 Å². The molecule has 1 amide bonds. The van der Waals surface area contributed by atoms with Crippen LogP contribution in [0.3, 0.4) is 0 Å². The van der Waals surface area contributed by atoms with E-state index in [1.54, 1.807) is 12.4 Å². The molecule has 2 aromatic rings. The van der Waals surface area contributed by atoms with Gasteiger partial charge >= 0.3 is 0 Å². The molecule has 0 radical (unpaired) electrons. The van der Waals surface area contributed by atoms with E-state index in [0.717, 1.165) is 31.1 Å². The molecule has 0 spiro atoms. The van der Waals surface area contributed by atoms with E-state index >= 15 is 0 Å². The largest absolute Gasteiger partial charge is 0.337 e. The first kappa shape index (κ1) is 13.9. The lowest BCUT2D eigenvalue weighted by Crippen LogP contribution is -2.42. The highest BCUT2D eigenvalue weighted by Gasteiger charge is 2.27. The van der Waals surface area contributed by atoms with Gasteiger partial charge in [0, 0.05) is 36.9 Å². The molecule has 21 heavy (non-hydrogen) atoms. The summed E-state index contributed by atoms with van der Waals surface area (Å²) in [5.41, 5.74) is 7.04. The van der Waals surface area contributed by atoms with Crippen molar-refractivity contribution in [2.45, 2.75) is 37.8 Å². The molecule has 1 aliphatic carbocycles. The van der Waals surface area contributed by atoms with Gasteiger partial charge < -0.3 is 10.6 Å². The number of fused-ring (bicyclic) bond motifs is 1. The third-order valence-electron chi connectivity index (χ3n) is 4.33. The molecule has 0 bridgehead atoms. The SMILES string of the molecule is CN(C(=O)c1nccc2cccnc12)C1CCC(N)CC1. The highest BCUT2D eigenvalue weighted by molar-refractivity contribution is 6.03. The molecule has 110 valence electrons. The summed E-state index contributed by atoms with van der Waals surface area (Å²) in [6, 6.07) is 6.21. The maximum Gasteiger partial charge on any atom is 0.274 e. The Balaban J connectivity index is 1.86. The fraction of sp³-hybridized carbons (Fsp3) is 0.438. The Labute approximate surface area is 124 Å². The van der Waals surface area contributed by atoms with Gasteiger partial charge in [0.2, 0.25) is 0 Å². The highest BCUT2D eigenvalue weighted by atomic mass is 16.2. The number of aromatic nitrogens is 2. The molecule has 1 saturated carbocycles. The van der Waals surface area contributed by atoms with Gasteiger partial charge in [-0.15, -0.1) is 0 Å². The molecule has 0 aliphatic heterocycles. The summed E-state index contributed by atoms with van der Waals surface area (Å²) in [6.07, 6.45) is 7.23. The summed E-state index contributed by atoms with van der Waals surface area (Å²) >= 11 is 0. The van der Waals surface area contributed by atoms with Crippen molar-refractivity contribution in [1.82, 2.24) is 14.9 Å². The van der Waals surface area contributed by atoms with Gasteiger partial charge in [-0.1, -0.05) is 6.07 Å². The lowest BCUT2D eigenvalue weighted by Gasteiger charge is -2.33. The molecule has 2 aromatic heterocycles. The second-order valence-electron chi connectivity index (χ2n) is 5.72. The van der Waals surface area contributed by atoms with E-state index in [1.165, 1.54) is 0 Å². The molecule has 3 rings (SSSR count). The lowest BCUT2D eigenvalue weighted by molar-refractivity contribution is 0.0686. The molecule has 0 aromatic carbocycles. The zero-order valence-corrected chi connectivity index (χ0v) is 12.2. The van der Waals surface area contributed by atoms with Crippen molar-refractivity contribution in [3.63, 3.8) is 0 Å². The van der Waals surface area contributed by atoms with Crippen LogP contribution in [-0.2, 0) is 0 Å². The maximum absolute atomic E-state index is 12.7. The Kier molecular flexibility index (Phi) is 3.84. The lowest BCUT2D eigenvalue weighted by atomic mass is 9.91. The Morgan fingerprint density at radius 1 is 1.19 bits per heavy atom. The van der Waals surface area contributed by atoms with Gasteiger partial charge in [-0.05, 0) is 37.8 Å². The van der Waals surface area contributed by atoms with Crippen LogP contribution in [0.25, 0.3) is 10.9 Å². The predicted molar refractivity (Wildman–Crippen MR) is 81.9 cm³/mol. The van der Waals surface area contributed by atoms with Crippen LogP contribution in [0.15, 0.2) is 30.6 Å². The van der Waals surface area contributed by atoms with E-state index in [9.17, 15) is 4.79 Å². The van der Waals surface area contributed by atoms with Crippen LogP contribution in [0.1, 0.15) is 36.2 Å². The van der Waals surface area contributed by atoms with Gasteiger partial charge in [-0.2, -0.15) is 0 Å². The summed E-state index contributed by atoms with van der Waals surface area (Å²) in [7, 11) is 1.85. The van der Waals surface area contributed by atoms with Crippen molar-refractivity contribution in [3.05, 3.63) is 36.3 Å². The van der Waals surface area contributed by atoms with E-state index in [2.05, 4.69) is 9.97 Å². The van der Waals surface area contributed by atoms with Gasteiger partial charge in [0.15, 0.2) is 5.69 Å². The van der Waals surface area contributed by atoms with Crippen molar-refractivity contribution in [3.8, 4) is 0 Å². The number of hydrogen-bond donors (Lipinski definition) is 1. The van der Waals surface area contributed by atoms with E-state index < -0.39 is 0 Å². The van der Waals surface area contributed by atoms with Gasteiger partial charge in [-0.25, -0.2) is 4.98 Å². The molecular formula is C16H20N4O. The van der Waals surface area contributed by atoms with Crippen molar-refractivity contribution < 1.29 is 4.79 Å². The number of pyridine rings is 2. The van der Waals surface area contributed by atoms with Crippen LogP contribution < -0.4 is 5.73 Å². The Morgan fingerprint density at radius 2 is 1.95 bits per heavy atom. The second-order valence-corrected chi connectivity index (χ2v) is 5.72. The predicted octanol–water partition coefficient (Wildman–Crippen LogP) is 1.97. The normalized spacial score (nSPS) is 22.2. The Morgan fingerprint density at radius 3 is 2.71 bits per heavy atom. The molecule has 1 aliphatic rings. The van der Waals surface area contributed by atoms with Crippen molar-refractivity contribution >= 4 is 16.8 Å². The monoisotopic (exact) mass is 284 g/mol. The molecule has 5 nitrogen and oxygen atoms in total. The topological polar surface area (TPSA) is 72.1 Å². The molecule has 1 fully saturated rings. The summed E-state index contributed by atoms with van der Waals surface area (Å²) in [6.45, 7) is 0. The first-order chi connectivity index (χ1) is 10.2. The first-order valence-corrected chi connectivity index (χ1v) is 7.39. The minimum atomic E-state index is -0.0558. The number of nitrogens with zero attached hydrogens (tertiary/aromatic N) is 3. The van der Waals surface area contributed by atoms with E-state index in [0.29, 0.717) is 11.2 Å². The van der Waals surface area contributed by atoms with Crippen molar-refractivity contribution in [2.24, 2.45) is 5.73 Å². The summed E-state index contributed by atoms with van der Waals surface area (Å²) in [5.74, 6) is -0.0558. The smallest absolute Gasteiger partial charge is 0.274 e. The van der Waals surface area contributed by atoms with Gasteiger partial charge in [-0.3, -0.25) is 9.78 Å². The highest BCUT2D eigenvalue weighted by Crippen LogP contribution is 2.23. The molecule has 0 saturated heterocycles. The fourth-order valence-corrected chi connectivity index (χ4v) is 2.98. The average Bonchev–Trinajstić information content (AvgIpc) is 2.53. The van der Waals surface area contributed by atoms with Crippen LogP contribution in [-0.4, -0.2) is 39.9 Å². The number of carbonyl (C=O) groups excluding carboxylic acids is 1. The van der Waals surface area contributed by atoms with Crippen LogP contribution in [0.5, 0.6) is 0 Å². The van der Waals surface area contributed by atoms with Gasteiger partial charge in [0.05, 0.1) is 0 Å². The third-order valence-corrected chi connectivity index (χ3v) is 4.33. The molecule has 0 atom stereocenters. The number of nitrogens with two attached hydrogens (primary N) is 1. The van der Waals surface area contributed by atoms with E-state index in [4.69, 9.17) is 5.73 Å². The fourth-order valence-electron chi connectivity index (χ4n) is 2.98. The van der Waals surface area contributed by atoms with Crippen LogP contribution >= 0.6 is 0 Å². The van der Waals surface area contributed by atoms with Crippen LogP contribution in [0, 0.1) is 0 Å². The number of amides is 1. The van der Waals surface area contributed by atoms with Crippen molar-refractivity contribution in [2.75, 3.05) is 7.05 Å². The second kappa shape index (κ2) is 5.77. The minimum Gasteiger partial charge on any atom is -0.337 e. The van der Waals surface area contributed by atoms with Crippen molar-refractivity contribution in [1.29, 1.82) is 0 Å². The Bertz CT molecular complexity index is 644. The third kappa shape index (κ3) is 2.74. The van der Waals surface area contributed by atoms with Crippen LogP contribution in [0.4, 0.5) is 0 Å². The summed E-state index contributed by atoms with van der Waals surface area (Å²) in [5, 5.41) is 0.940. The molecule has 2 N–H and O–H groups in total. The standard InChI is InChI=1S/C16H20N4O/c1-20(13-6-4-12(17)5-7-13)16(21)15-14-11(8-10-19-15)3-2-9-18-14/h2-3,8-10,12-13H,4-7,17H2,1H3. The minimum absolute atomic E-state index is 0.0558. The molecule has 5 heteroatoms. The van der Waals surface area contributed by atoms with E-state index in [1.807, 2.05) is 30.1 Å². The number of carbonyl (C=O) groups is 1. The van der Waals surface area contributed by atoms with E-state index in [-0.39, 0.29) is 18.0 Å². The summed E-state index contributed by atoms with van der Waals surface area (Å²) < 4.78 is 0. The quantitative estimate of drug-likeness (QED) is 0.915. The zero-order valence-electron chi connectivity index (χ0n) is 12.2. The first-order valence-electron chi connectivity index (χ1n) is 7.39. The van der Waals surface area contributed by atoms with Gasteiger partial charge in [0.1, 0.15) is 5.52 Å². The average molecular weight is 284 g/mol. The zero-order chi connectivity index (χ0) is 14.8. The molecular weight excluding hydrogens is 264 g/mol. The summed E-state index contributed by atoms with van der Waals surface area (Å²) in [4.78, 5) is 23.1. The number of hydrogen-bond acceptors (Lipinski definition) is 4. The molecule has 2 heterocycles. The maximum atomic E-state index is 12.7. The van der Waals surface area contributed by atoms with Crippen LogP contribution in [0.2, 0.25) is 0 Å². The number of rotatable bonds is 2. The molecule has 0 unspecified atom stereocenters.